The fourth-order valence-corrected chi connectivity index (χ4v) is 2.63. The summed E-state index contributed by atoms with van der Waals surface area (Å²) in [7, 11) is 0. The van der Waals surface area contributed by atoms with Crippen LogP contribution in [-0.4, -0.2) is 10.9 Å². The van der Waals surface area contributed by atoms with Crippen molar-refractivity contribution in [3.05, 3.63) is 83.9 Å². The van der Waals surface area contributed by atoms with Gasteiger partial charge in [-0.1, -0.05) is 18.2 Å². The predicted molar refractivity (Wildman–Crippen MR) is 98.6 cm³/mol. The van der Waals surface area contributed by atoms with Gasteiger partial charge < -0.3 is 9.73 Å². The molecule has 0 bridgehead atoms. The van der Waals surface area contributed by atoms with E-state index in [0.29, 0.717) is 22.7 Å². The summed E-state index contributed by atoms with van der Waals surface area (Å²) in [5, 5.41) is 11.7. The van der Waals surface area contributed by atoms with E-state index < -0.39 is 0 Å². The van der Waals surface area contributed by atoms with Crippen LogP contribution in [0.15, 0.2) is 77.2 Å². The molecule has 1 amide bonds. The Bertz CT molecular complexity index is 1100. The van der Waals surface area contributed by atoms with Crippen LogP contribution >= 0.6 is 0 Å². The first kappa shape index (κ1) is 15.6. The molecule has 5 heteroatoms. The average molecular weight is 339 g/mol. The highest BCUT2D eigenvalue weighted by Gasteiger charge is 2.10. The van der Waals surface area contributed by atoms with Crippen molar-refractivity contribution in [3.8, 4) is 17.5 Å². The van der Waals surface area contributed by atoms with Gasteiger partial charge in [0.2, 0.25) is 5.89 Å². The first-order chi connectivity index (χ1) is 12.7. The Balaban J connectivity index is 1.59. The van der Waals surface area contributed by atoms with Gasteiger partial charge in [0.05, 0.1) is 11.6 Å². The summed E-state index contributed by atoms with van der Waals surface area (Å²) in [5.41, 5.74) is 3.91. The van der Waals surface area contributed by atoms with Gasteiger partial charge in [0, 0.05) is 16.8 Å². The van der Waals surface area contributed by atoms with E-state index in [9.17, 15) is 4.79 Å². The molecule has 0 aliphatic heterocycles. The number of benzene rings is 3. The smallest absolute Gasteiger partial charge is 0.255 e. The Morgan fingerprint density at radius 2 is 1.81 bits per heavy atom. The number of rotatable bonds is 3. The van der Waals surface area contributed by atoms with Gasteiger partial charge in [0.1, 0.15) is 5.52 Å². The molecule has 4 aromatic rings. The maximum atomic E-state index is 12.4. The van der Waals surface area contributed by atoms with Gasteiger partial charge in [-0.05, 0) is 54.6 Å². The van der Waals surface area contributed by atoms with Gasteiger partial charge in [0.25, 0.3) is 5.91 Å². The number of hydrogen-bond donors (Lipinski definition) is 1. The fraction of sp³-hybridized carbons (Fsp3) is 0. The molecule has 1 aromatic heterocycles. The maximum absolute atomic E-state index is 12.4. The SMILES string of the molecule is N#Cc1ccc(C(=O)Nc2cccc(-c3nc4ccccc4o3)c2)cc1. The molecule has 3 aromatic carbocycles. The zero-order valence-electron chi connectivity index (χ0n) is 13.6. The molecule has 0 radical (unpaired) electrons. The molecule has 0 spiro atoms. The number of amides is 1. The molecule has 4 rings (SSSR count). The van der Waals surface area contributed by atoms with Crippen LogP contribution in [0.1, 0.15) is 15.9 Å². The van der Waals surface area contributed by atoms with Crippen molar-refractivity contribution in [1.29, 1.82) is 5.26 Å². The number of nitrogens with one attached hydrogen (secondary N) is 1. The Labute approximate surface area is 149 Å². The number of fused-ring (bicyclic) bond motifs is 1. The summed E-state index contributed by atoms with van der Waals surface area (Å²) >= 11 is 0. The summed E-state index contributed by atoms with van der Waals surface area (Å²) in [6, 6.07) is 23.4. The van der Waals surface area contributed by atoms with Crippen molar-refractivity contribution in [2.45, 2.75) is 0 Å². The second-order valence-electron chi connectivity index (χ2n) is 5.71. The molecule has 0 atom stereocenters. The highest BCUT2D eigenvalue weighted by atomic mass is 16.3. The van der Waals surface area contributed by atoms with E-state index in [4.69, 9.17) is 9.68 Å². The first-order valence-corrected chi connectivity index (χ1v) is 8.00. The third kappa shape index (κ3) is 3.04. The lowest BCUT2D eigenvalue weighted by atomic mass is 10.1. The summed E-state index contributed by atoms with van der Waals surface area (Å²) in [6.45, 7) is 0. The van der Waals surface area contributed by atoms with Crippen molar-refractivity contribution in [3.63, 3.8) is 0 Å². The van der Waals surface area contributed by atoms with E-state index in [2.05, 4.69) is 10.3 Å². The molecule has 1 N–H and O–H groups in total. The molecular weight excluding hydrogens is 326 g/mol. The molecule has 0 saturated carbocycles. The molecule has 0 fully saturated rings. The minimum absolute atomic E-state index is 0.246. The number of oxazole rings is 1. The lowest BCUT2D eigenvalue weighted by Gasteiger charge is -2.06. The molecule has 5 nitrogen and oxygen atoms in total. The molecule has 0 aliphatic rings. The summed E-state index contributed by atoms with van der Waals surface area (Å²) in [6.07, 6.45) is 0. The van der Waals surface area contributed by atoms with Crippen LogP contribution in [0.4, 0.5) is 5.69 Å². The van der Waals surface area contributed by atoms with Crippen LogP contribution < -0.4 is 5.32 Å². The zero-order valence-corrected chi connectivity index (χ0v) is 13.6. The highest BCUT2D eigenvalue weighted by Crippen LogP contribution is 2.26. The first-order valence-electron chi connectivity index (χ1n) is 8.00. The van der Waals surface area contributed by atoms with Gasteiger partial charge in [-0.2, -0.15) is 5.26 Å². The second kappa shape index (κ2) is 6.54. The largest absolute Gasteiger partial charge is 0.436 e. The number of nitriles is 1. The van der Waals surface area contributed by atoms with Crippen LogP contribution in [0.3, 0.4) is 0 Å². The van der Waals surface area contributed by atoms with Gasteiger partial charge in [0.15, 0.2) is 5.58 Å². The minimum atomic E-state index is -0.246. The Hall–Kier alpha value is -3.91. The van der Waals surface area contributed by atoms with Gasteiger partial charge in [-0.15, -0.1) is 0 Å². The Morgan fingerprint density at radius 1 is 1.00 bits per heavy atom. The topological polar surface area (TPSA) is 78.9 Å². The molecule has 0 unspecified atom stereocenters. The molecular formula is C21H13N3O2. The van der Waals surface area contributed by atoms with Crippen LogP contribution in [0.5, 0.6) is 0 Å². The number of para-hydroxylation sites is 2. The third-order valence-corrected chi connectivity index (χ3v) is 3.94. The number of anilines is 1. The second-order valence-corrected chi connectivity index (χ2v) is 5.71. The van der Waals surface area contributed by atoms with E-state index >= 15 is 0 Å². The van der Waals surface area contributed by atoms with Crippen LogP contribution in [-0.2, 0) is 0 Å². The molecule has 1 heterocycles. The van der Waals surface area contributed by atoms with Gasteiger partial charge in [-0.25, -0.2) is 4.98 Å². The van der Waals surface area contributed by atoms with Crippen LogP contribution in [0, 0.1) is 11.3 Å². The van der Waals surface area contributed by atoms with Crippen LogP contribution in [0.2, 0.25) is 0 Å². The van der Waals surface area contributed by atoms with Crippen molar-refractivity contribution >= 4 is 22.7 Å². The lowest BCUT2D eigenvalue weighted by molar-refractivity contribution is 0.102. The number of aromatic nitrogens is 1. The normalized spacial score (nSPS) is 10.4. The summed E-state index contributed by atoms with van der Waals surface area (Å²) < 4.78 is 5.77. The summed E-state index contributed by atoms with van der Waals surface area (Å²) in [5.74, 6) is 0.255. The Morgan fingerprint density at radius 3 is 2.58 bits per heavy atom. The number of carbonyl (C=O) groups is 1. The summed E-state index contributed by atoms with van der Waals surface area (Å²) in [4.78, 5) is 16.8. The van der Waals surface area contributed by atoms with E-state index in [1.807, 2.05) is 48.5 Å². The van der Waals surface area contributed by atoms with Crippen molar-refractivity contribution < 1.29 is 9.21 Å². The monoisotopic (exact) mass is 339 g/mol. The third-order valence-electron chi connectivity index (χ3n) is 3.94. The Kier molecular flexibility index (Phi) is 3.92. The minimum Gasteiger partial charge on any atom is -0.436 e. The number of hydrogen-bond acceptors (Lipinski definition) is 4. The fourth-order valence-electron chi connectivity index (χ4n) is 2.63. The van der Waals surface area contributed by atoms with E-state index in [1.54, 1.807) is 30.3 Å². The lowest BCUT2D eigenvalue weighted by Crippen LogP contribution is -2.11. The number of carbonyl (C=O) groups excluding carboxylic acids is 1. The van der Waals surface area contributed by atoms with E-state index in [0.717, 1.165) is 16.7 Å². The van der Waals surface area contributed by atoms with Crippen molar-refractivity contribution in [2.75, 3.05) is 5.32 Å². The predicted octanol–water partition coefficient (Wildman–Crippen LogP) is 4.62. The molecule has 26 heavy (non-hydrogen) atoms. The highest BCUT2D eigenvalue weighted by molar-refractivity contribution is 6.04. The molecule has 124 valence electrons. The van der Waals surface area contributed by atoms with Crippen LogP contribution in [0.25, 0.3) is 22.6 Å². The standard InChI is InChI=1S/C21H13N3O2/c22-13-14-8-10-15(11-9-14)20(25)23-17-5-3-4-16(12-17)21-24-18-6-1-2-7-19(18)26-21/h1-12H,(H,23,25). The maximum Gasteiger partial charge on any atom is 0.255 e. The average Bonchev–Trinajstić information content (AvgIpc) is 3.12. The zero-order chi connectivity index (χ0) is 17.9. The van der Waals surface area contributed by atoms with Gasteiger partial charge >= 0.3 is 0 Å². The quantitative estimate of drug-likeness (QED) is 0.591. The molecule has 0 aliphatic carbocycles. The molecule has 0 saturated heterocycles. The number of nitrogens with zero attached hydrogens (tertiary/aromatic N) is 2. The van der Waals surface area contributed by atoms with Crippen molar-refractivity contribution in [2.24, 2.45) is 0 Å². The van der Waals surface area contributed by atoms with E-state index in [1.165, 1.54) is 0 Å². The van der Waals surface area contributed by atoms with E-state index in [-0.39, 0.29) is 5.91 Å². The van der Waals surface area contributed by atoms with Gasteiger partial charge in [-0.3, -0.25) is 4.79 Å². The van der Waals surface area contributed by atoms with Crippen molar-refractivity contribution in [1.82, 2.24) is 4.98 Å².